The maximum Gasteiger partial charge on any atom is 0.238 e. The SMILES string of the molecule is NS(=O)(=O)c1cc2c(c3cnccc13)CCCC2. The molecular weight excluding hydrogens is 248 g/mol. The fraction of sp³-hybridized carbons (Fsp3) is 0.308. The van der Waals surface area contributed by atoms with Gasteiger partial charge in [0.2, 0.25) is 10.0 Å². The average Bonchev–Trinajstić information content (AvgIpc) is 2.37. The summed E-state index contributed by atoms with van der Waals surface area (Å²) >= 11 is 0. The Balaban J connectivity index is 2.45. The first-order valence-electron chi connectivity index (χ1n) is 5.98. The molecule has 1 aliphatic rings. The zero-order chi connectivity index (χ0) is 12.8. The zero-order valence-electron chi connectivity index (χ0n) is 9.89. The highest BCUT2D eigenvalue weighted by Gasteiger charge is 2.20. The number of sulfonamides is 1. The quantitative estimate of drug-likeness (QED) is 0.851. The van der Waals surface area contributed by atoms with Gasteiger partial charge in [-0.1, -0.05) is 0 Å². The van der Waals surface area contributed by atoms with E-state index in [2.05, 4.69) is 4.98 Å². The van der Waals surface area contributed by atoms with Crippen molar-refractivity contribution in [3.8, 4) is 0 Å². The summed E-state index contributed by atoms with van der Waals surface area (Å²) in [6.45, 7) is 0. The van der Waals surface area contributed by atoms with Crippen LogP contribution in [0.15, 0.2) is 29.4 Å². The molecule has 5 heteroatoms. The monoisotopic (exact) mass is 262 g/mol. The van der Waals surface area contributed by atoms with Crippen LogP contribution in [0.2, 0.25) is 0 Å². The zero-order valence-corrected chi connectivity index (χ0v) is 10.7. The predicted octanol–water partition coefficient (Wildman–Crippen LogP) is 1.76. The largest absolute Gasteiger partial charge is 0.264 e. The van der Waals surface area contributed by atoms with Gasteiger partial charge >= 0.3 is 0 Å². The highest BCUT2D eigenvalue weighted by Crippen LogP contribution is 2.32. The molecule has 0 spiro atoms. The Morgan fingerprint density at radius 3 is 2.72 bits per heavy atom. The number of benzene rings is 1. The molecule has 0 atom stereocenters. The van der Waals surface area contributed by atoms with Gasteiger partial charge in [0.25, 0.3) is 0 Å². The van der Waals surface area contributed by atoms with Crippen molar-refractivity contribution < 1.29 is 8.42 Å². The first kappa shape index (κ1) is 11.6. The van der Waals surface area contributed by atoms with Gasteiger partial charge in [-0.25, -0.2) is 13.6 Å². The molecule has 1 heterocycles. The van der Waals surface area contributed by atoms with E-state index < -0.39 is 10.0 Å². The molecule has 1 aliphatic carbocycles. The lowest BCUT2D eigenvalue weighted by molar-refractivity contribution is 0.598. The van der Waals surface area contributed by atoms with E-state index in [4.69, 9.17) is 5.14 Å². The van der Waals surface area contributed by atoms with E-state index in [1.807, 2.05) is 0 Å². The normalized spacial score (nSPS) is 15.6. The Labute approximate surface area is 106 Å². The number of fused-ring (bicyclic) bond motifs is 3. The van der Waals surface area contributed by atoms with Crippen LogP contribution in [-0.4, -0.2) is 13.4 Å². The molecule has 3 rings (SSSR count). The van der Waals surface area contributed by atoms with Crippen molar-refractivity contribution in [1.29, 1.82) is 0 Å². The summed E-state index contributed by atoms with van der Waals surface area (Å²) in [6.07, 6.45) is 7.50. The summed E-state index contributed by atoms with van der Waals surface area (Å²) in [7, 11) is -3.69. The average molecular weight is 262 g/mol. The minimum Gasteiger partial charge on any atom is -0.264 e. The topological polar surface area (TPSA) is 73.1 Å². The number of hydrogen-bond donors (Lipinski definition) is 1. The van der Waals surface area contributed by atoms with Gasteiger partial charge in [-0.15, -0.1) is 0 Å². The third kappa shape index (κ3) is 1.79. The van der Waals surface area contributed by atoms with Gasteiger partial charge in [0, 0.05) is 23.2 Å². The predicted molar refractivity (Wildman–Crippen MR) is 69.8 cm³/mol. The second kappa shape index (κ2) is 4.03. The first-order valence-corrected chi connectivity index (χ1v) is 7.53. The lowest BCUT2D eigenvalue weighted by Gasteiger charge is -2.19. The summed E-state index contributed by atoms with van der Waals surface area (Å²) in [5, 5.41) is 6.93. The summed E-state index contributed by atoms with van der Waals surface area (Å²) in [4.78, 5) is 4.33. The van der Waals surface area contributed by atoms with Crippen LogP contribution in [0.4, 0.5) is 0 Å². The number of hydrogen-bond acceptors (Lipinski definition) is 3. The molecular formula is C13H14N2O2S. The van der Waals surface area contributed by atoms with E-state index in [9.17, 15) is 8.42 Å². The molecule has 0 bridgehead atoms. The van der Waals surface area contributed by atoms with Crippen LogP contribution in [-0.2, 0) is 22.9 Å². The van der Waals surface area contributed by atoms with E-state index in [0.29, 0.717) is 5.39 Å². The minimum absolute atomic E-state index is 0.223. The number of nitrogens with two attached hydrogens (primary N) is 1. The van der Waals surface area contributed by atoms with Gasteiger partial charge in [0.05, 0.1) is 4.90 Å². The number of aryl methyl sites for hydroxylation is 2. The molecule has 1 aromatic heterocycles. The number of pyridine rings is 1. The van der Waals surface area contributed by atoms with Gasteiger partial charge in [-0.3, -0.25) is 4.98 Å². The molecule has 4 nitrogen and oxygen atoms in total. The molecule has 94 valence electrons. The van der Waals surface area contributed by atoms with Crippen molar-refractivity contribution in [1.82, 2.24) is 4.98 Å². The number of aromatic nitrogens is 1. The molecule has 0 radical (unpaired) electrons. The standard InChI is InChI=1S/C13H14N2O2S/c14-18(16,17)13-7-9-3-1-2-4-10(9)12-8-15-6-5-11(12)13/h5-8H,1-4H2,(H2,14,16,17). The van der Waals surface area contributed by atoms with E-state index in [0.717, 1.165) is 36.6 Å². The third-order valence-electron chi connectivity index (χ3n) is 3.53. The Morgan fingerprint density at radius 2 is 1.94 bits per heavy atom. The van der Waals surface area contributed by atoms with E-state index in [1.165, 1.54) is 5.56 Å². The van der Waals surface area contributed by atoms with Crippen LogP contribution in [0, 0.1) is 0 Å². The summed E-state index contributed by atoms with van der Waals surface area (Å²) in [6, 6.07) is 3.47. The van der Waals surface area contributed by atoms with Gasteiger partial charge < -0.3 is 0 Å². The smallest absolute Gasteiger partial charge is 0.238 e. The van der Waals surface area contributed by atoms with E-state index in [-0.39, 0.29) is 4.90 Å². The third-order valence-corrected chi connectivity index (χ3v) is 4.48. The van der Waals surface area contributed by atoms with Crippen molar-refractivity contribution in [3.05, 3.63) is 35.7 Å². The molecule has 18 heavy (non-hydrogen) atoms. The van der Waals surface area contributed by atoms with Crippen LogP contribution >= 0.6 is 0 Å². The minimum atomic E-state index is -3.69. The molecule has 0 saturated heterocycles. The molecule has 0 unspecified atom stereocenters. The lowest BCUT2D eigenvalue weighted by atomic mass is 9.88. The molecule has 1 aromatic carbocycles. The fourth-order valence-electron chi connectivity index (χ4n) is 2.72. The Kier molecular flexibility index (Phi) is 2.60. The van der Waals surface area contributed by atoms with Crippen LogP contribution < -0.4 is 5.14 Å². The van der Waals surface area contributed by atoms with Gasteiger partial charge in [-0.2, -0.15) is 0 Å². The second-order valence-electron chi connectivity index (χ2n) is 4.69. The van der Waals surface area contributed by atoms with Crippen molar-refractivity contribution in [2.75, 3.05) is 0 Å². The summed E-state index contributed by atoms with van der Waals surface area (Å²) < 4.78 is 23.4. The Hall–Kier alpha value is -1.46. The van der Waals surface area contributed by atoms with Crippen LogP contribution in [0.1, 0.15) is 24.0 Å². The van der Waals surface area contributed by atoms with Crippen molar-refractivity contribution in [2.45, 2.75) is 30.6 Å². The highest BCUT2D eigenvalue weighted by molar-refractivity contribution is 7.89. The summed E-state index contributed by atoms with van der Waals surface area (Å²) in [5.74, 6) is 0. The van der Waals surface area contributed by atoms with Crippen molar-refractivity contribution in [3.63, 3.8) is 0 Å². The van der Waals surface area contributed by atoms with Gasteiger partial charge in [0.1, 0.15) is 0 Å². The molecule has 0 aliphatic heterocycles. The highest BCUT2D eigenvalue weighted by atomic mass is 32.2. The summed E-state index contributed by atoms with van der Waals surface area (Å²) in [5.41, 5.74) is 2.34. The van der Waals surface area contributed by atoms with Crippen molar-refractivity contribution in [2.24, 2.45) is 5.14 Å². The molecule has 0 amide bonds. The Morgan fingerprint density at radius 1 is 1.17 bits per heavy atom. The molecule has 2 aromatic rings. The Bertz CT molecular complexity index is 723. The van der Waals surface area contributed by atoms with Gasteiger partial charge in [-0.05, 0) is 48.9 Å². The number of rotatable bonds is 1. The number of nitrogens with zero attached hydrogens (tertiary/aromatic N) is 1. The fourth-order valence-corrected chi connectivity index (χ4v) is 3.51. The van der Waals surface area contributed by atoms with Crippen molar-refractivity contribution >= 4 is 20.8 Å². The van der Waals surface area contributed by atoms with Gasteiger partial charge in [0.15, 0.2) is 0 Å². The van der Waals surface area contributed by atoms with Crippen LogP contribution in [0.5, 0.6) is 0 Å². The number of primary sulfonamides is 1. The molecule has 0 fully saturated rings. The molecule has 0 saturated carbocycles. The maximum absolute atomic E-state index is 11.7. The first-order chi connectivity index (χ1) is 8.57. The lowest BCUT2D eigenvalue weighted by Crippen LogP contribution is -2.15. The second-order valence-corrected chi connectivity index (χ2v) is 6.22. The van der Waals surface area contributed by atoms with Crippen LogP contribution in [0.3, 0.4) is 0 Å². The molecule has 2 N–H and O–H groups in total. The van der Waals surface area contributed by atoms with E-state index >= 15 is 0 Å². The van der Waals surface area contributed by atoms with E-state index in [1.54, 1.807) is 24.5 Å². The maximum atomic E-state index is 11.7. The van der Waals surface area contributed by atoms with Crippen LogP contribution in [0.25, 0.3) is 10.8 Å².